The van der Waals surface area contributed by atoms with Gasteiger partial charge >= 0.3 is 0 Å². The number of aromatic nitrogens is 2. The number of benzene rings is 1. The summed E-state index contributed by atoms with van der Waals surface area (Å²) in [5.74, 6) is 3.85. The lowest BCUT2D eigenvalue weighted by molar-refractivity contribution is -0.127. The number of carbonyl (C=O) groups excluding carboxylic acids is 1. The molecule has 4 saturated carbocycles. The van der Waals surface area contributed by atoms with Gasteiger partial charge in [-0.05, 0) is 119 Å². The zero-order chi connectivity index (χ0) is 23.3. The van der Waals surface area contributed by atoms with Crippen LogP contribution in [0.2, 0.25) is 0 Å². The van der Waals surface area contributed by atoms with E-state index in [-0.39, 0.29) is 23.7 Å². The maximum atomic E-state index is 13.2. The van der Waals surface area contributed by atoms with Gasteiger partial charge in [0.1, 0.15) is 5.82 Å². The Morgan fingerprint density at radius 2 is 1.71 bits per heavy atom. The van der Waals surface area contributed by atoms with Gasteiger partial charge in [-0.15, -0.1) is 10.2 Å². The Morgan fingerprint density at radius 3 is 2.32 bits per heavy atom. The van der Waals surface area contributed by atoms with Crippen LogP contribution in [-0.2, 0) is 4.79 Å². The summed E-state index contributed by atoms with van der Waals surface area (Å²) in [6.07, 6.45) is 10.0. The molecule has 0 spiro atoms. The molecule has 5 aliphatic rings. The molecule has 7 heteroatoms. The molecule has 34 heavy (non-hydrogen) atoms. The standard InChI is InChI=1S/C27H35FN4O2/c1-17(27-13-18-10-19(14-27)12-20(11-18)15-27)29-24(33)16-32-8-6-22(7-9-32)26-31-30-25(34-26)21-2-4-23(28)5-3-21/h2-5,17-20,22H,6-16H2,1H3,(H,29,33). The first-order chi connectivity index (χ1) is 16.5. The van der Waals surface area contributed by atoms with Gasteiger partial charge in [0.15, 0.2) is 0 Å². The number of nitrogens with zero attached hydrogens (tertiary/aromatic N) is 3. The van der Waals surface area contributed by atoms with Gasteiger partial charge in [-0.3, -0.25) is 9.69 Å². The smallest absolute Gasteiger partial charge is 0.247 e. The first kappa shape index (κ1) is 22.2. The molecule has 1 aromatic heterocycles. The molecule has 1 unspecified atom stereocenters. The van der Waals surface area contributed by atoms with Crippen molar-refractivity contribution >= 4 is 5.91 Å². The van der Waals surface area contributed by atoms with Crippen molar-refractivity contribution in [1.29, 1.82) is 0 Å². The highest BCUT2D eigenvalue weighted by Crippen LogP contribution is 2.61. The van der Waals surface area contributed by atoms with Crippen LogP contribution in [0.1, 0.15) is 70.1 Å². The predicted octanol–water partition coefficient (Wildman–Crippen LogP) is 4.78. The molecule has 6 nitrogen and oxygen atoms in total. The van der Waals surface area contributed by atoms with Crippen molar-refractivity contribution in [2.75, 3.05) is 19.6 Å². The number of amides is 1. The zero-order valence-corrected chi connectivity index (χ0v) is 20.0. The van der Waals surface area contributed by atoms with Crippen LogP contribution < -0.4 is 5.32 Å². The monoisotopic (exact) mass is 466 g/mol. The average Bonchev–Trinajstić information content (AvgIpc) is 3.29. The Labute approximate surface area is 200 Å². The van der Waals surface area contributed by atoms with Gasteiger partial charge in [-0.1, -0.05) is 0 Å². The number of rotatable bonds is 6. The number of hydrogen-bond donors (Lipinski definition) is 1. The van der Waals surface area contributed by atoms with E-state index in [9.17, 15) is 9.18 Å². The van der Waals surface area contributed by atoms with E-state index in [4.69, 9.17) is 4.42 Å². The fraction of sp³-hybridized carbons (Fsp3) is 0.667. The number of likely N-dealkylation sites (tertiary alicyclic amines) is 1. The SMILES string of the molecule is CC(NC(=O)CN1CCC(c2nnc(-c3ccc(F)cc3)o2)CC1)C12CC3CC(CC(C3)C1)C2. The van der Waals surface area contributed by atoms with Crippen LogP contribution in [0.15, 0.2) is 28.7 Å². The second-order valence-corrected chi connectivity index (χ2v) is 11.6. The molecule has 2 heterocycles. The Morgan fingerprint density at radius 1 is 1.09 bits per heavy atom. The van der Waals surface area contributed by atoms with Gasteiger partial charge < -0.3 is 9.73 Å². The summed E-state index contributed by atoms with van der Waals surface area (Å²) < 4.78 is 19.1. The van der Waals surface area contributed by atoms with Crippen LogP contribution in [0, 0.1) is 29.0 Å². The molecular formula is C27H35FN4O2. The molecule has 1 saturated heterocycles. The van der Waals surface area contributed by atoms with Gasteiger partial charge in [0.05, 0.1) is 6.54 Å². The molecule has 1 aliphatic heterocycles. The minimum Gasteiger partial charge on any atom is -0.420 e. The van der Waals surface area contributed by atoms with E-state index < -0.39 is 0 Å². The summed E-state index contributed by atoms with van der Waals surface area (Å²) in [6.45, 7) is 4.41. The van der Waals surface area contributed by atoms with Crippen LogP contribution in [-0.4, -0.2) is 46.7 Å². The van der Waals surface area contributed by atoms with E-state index in [0.29, 0.717) is 23.7 Å². The molecule has 5 fully saturated rings. The molecule has 2 aromatic rings. The van der Waals surface area contributed by atoms with Crippen molar-refractivity contribution < 1.29 is 13.6 Å². The summed E-state index contributed by atoms with van der Waals surface area (Å²) in [5.41, 5.74) is 1.07. The van der Waals surface area contributed by atoms with E-state index in [2.05, 4.69) is 27.3 Å². The molecule has 1 atom stereocenters. The quantitative estimate of drug-likeness (QED) is 0.664. The van der Waals surface area contributed by atoms with E-state index in [0.717, 1.165) is 49.2 Å². The summed E-state index contributed by atoms with van der Waals surface area (Å²) >= 11 is 0. The number of nitrogens with one attached hydrogen (secondary N) is 1. The maximum Gasteiger partial charge on any atom is 0.247 e. The second-order valence-electron chi connectivity index (χ2n) is 11.6. The van der Waals surface area contributed by atoms with Crippen molar-refractivity contribution in [3.05, 3.63) is 36.0 Å². The fourth-order valence-electron chi connectivity index (χ4n) is 7.80. The van der Waals surface area contributed by atoms with Gasteiger partial charge in [-0.25, -0.2) is 4.39 Å². The zero-order valence-electron chi connectivity index (χ0n) is 20.0. The van der Waals surface area contributed by atoms with E-state index in [1.165, 1.54) is 50.7 Å². The average molecular weight is 467 g/mol. The van der Waals surface area contributed by atoms with Crippen LogP contribution in [0.5, 0.6) is 0 Å². The second kappa shape index (κ2) is 8.74. The maximum absolute atomic E-state index is 13.2. The van der Waals surface area contributed by atoms with E-state index in [1.54, 1.807) is 12.1 Å². The van der Waals surface area contributed by atoms with Crippen molar-refractivity contribution in [2.45, 2.75) is 70.3 Å². The number of piperidine rings is 1. The van der Waals surface area contributed by atoms with Crippen molar-refractivity contribution in [3.63, 3.8) is 0 Å². The van der Waals surface area contributed by atoms with Crippen LogP contribution >= 0.6 is 0 Å². The lowest BCUT2D eigenvalue weighted by atomic mass is 9.48. The fourth-order valence-corrected chi connectivity index (χ4v) is 7.80. The minimum absolute atomic E-state index is 0.165. The normalized spacial score (nSPS) is 32.1. The summed E-state index contributed by atoms with van der Waals surface area (Å²) in [7, 11) is 0. The van der Waals surface area contributed by atoms with Crippen molar-refractivity contribution in [3.8, 4) is 11.5 Å². The van der Waals surface area contributed by atoms with Gasteiger partial charge in [-0.2, -0.15) is 0 Å². The topological polar surface area (TPSA) is 71.3 Å². The van der Waals surface area contributed by atoms with Crippen molar-refractivity contribution in [2.24, 2.45) is 23.2 Å². The molecule has 1 amide bonds. The van der Waals surface area contributed by atoms with Crippen LogP contribution in [0.4, 0.5) is 4.39 Å². The molecule has 4 bridgehead atoms. The van der Waals surface area contributed by atoms with Gasteiger partial charge in [0.2, 0.25) is 17.7 Å². The molecule has 1 N–H and O–H groups in total. The summed E-state index contributed by atoms with van der Waals surface area (Å²) in [6, 6.07) is 6.37. The first-order valence-corrected chi connectivity index (χ1v) is 13.1. The lowest BCUT2D eigenvalue weighted by Gasteiger charge is -2.59. The predicted molar refractivity (Wildman–Crippen MR) is 126 cm³/mol. The molecule has 4 aliphatic carbocycles. The Hall–Kier alpha value is -2.28. The van der Waals surface area contributed by atoms with Crippen molar-refractivity contribution in [1.82, 2.24) is 20.4 Å². The van der Waals surface area contributed by atoms with Gasteiger partial charge in [0, 0.05) is 17.5 Å². The van der Waals surface area contributed by atoms with Crippen LogP contribution in [0.3, 0.4) is 0 Å². The Kier molecular flexibility index (Phi) is 5.71. The molecular weight excluding hydrogens is 431 g/mol. The van der Waals surface area contributed by atoms with Gasteiger partial charge in [0.25, 0.3) is 0 Å². The number of carbonyl (C=O) groups is 1. The number of halogens is 1. The van der Waals surface area contributed by atoms with Crippen LogP contribution in [0.25, 0.3) is 11.5 Å². The minimum atomic E-state index is -0.285. The Bertz CT molecular complexity index is 992. The highest BCUT2D eigenvalue weighted by atomic mass is 19.1. The lowest BCUT2D eigenvalue weighted by Crippen LogP contribution is -2.56. The van der Waals surface area contributed by atoms with E-state index >= 15 is 0 Å². The third-order valence-electron chi connectivity index (χ3n) is 9.22. The highest BCUT2D eigenvalue weighted by molar-refractivity contribution is 5.78. The third kappa shape index (κ3) is 4.28. The van der Waals surface area contributed by atoms with E-state index in [1.807, 2.05) is 0 Å². The summed E-state index contributed by atoms with van der Waals surface area (Å²) in [5, 5.41) is 11.8. The Balaban J connectivity index is 0.999. The third-order valence-corrected chi connectivity index (χ3v) is 9.22. The molecule has 0 radical (unpaired) electrons. The summed E-state index contributed by atoms with van der Waals surface area (Å²) in [4.78, 5) is 15.2. The molecule has 1 aromatic carbocycles. The number of hydrogen-bond acceptors (Lipinski definition) is 5. The highest BCUT2D eigenvalue weighted by Gasteiger charge is 2.53. The largest absolute Gasteiger partial charge is 0.420 e. The first-order valence-electron chi connectivity index (χ1n) is 13.1. The molecule has 7 rings (SSSR count). The molecule has 182 valence electrons.